The fraction of sp³-hybridized carbons (Fsp3) is 0.875. The number of carbonyl (C=O) groups excluding carboxylic acids is 1. The van der Waals surface area contributed by atoms with Gasteiger partial charge in [0.2, 0.25) is 5.91 Å². The van der Waals surface area contributed by atoms with Crippen LogP contribution in [-0.4, -0.2) is 39.1 Å². The number of carbonyl (C=O) groups is 1. The van der Waals surface area contributed by atoms with E-state index in [9.17, 15) is 9.00 Å². The van der Waals surface area contributed by atoms with Crippen LogP contribution in [0.2, 0.25) is 0 Å². The lowest BCUT2D eigenvalue weighted by molar-refractivity contribution is -0.130. The van der Waals surface area contributed by atoms with Crippen LogP contribution in [0.1, 0.15) is 20.3 Å². The van der Waals surface area contributed by atoms with Gasteiger partial charge in [-0.2, -0.15) is 0 Å². The van der Waals surface area contributed by atoms with Gasteiger partial charge in [-0.1, -0.05) is 6.92 Å². The quantitative estimate of drug-likeness (QED) is 0.598. The van der Waals surface area contributed by atoms with Crippen molar-refractivity contribution in [1.29, 1.82) is 0 Å². The molecule has 0 aromatic carbocycles. The van der Waals surface area contributed by atoms with E-state index in [1.165, 1.54) is 0 Å². The van der Waals surface area contributed by atoms with Crippen LogP contribution in [0.3, 0.4) is 0 Å². The van der Waals surface area contributed by atoms with Crippen molar-refractivity contribution in [3.8, 4) is 0 Å². The zero-order valence-electron chi connectivity index (χ0n) is 7.58. The lowest BCUT2D eigenvalue weighted by Gasteiger charge is -2.30. The minimum Gasteiger partial charge on any atom is -0.341 e. The largest absolute Gasteiger partial charge is 0.341 e. The van der Waals surface area contributed by atoms with E-state index in [2.05, 4.69) is 0 Å². The van der Waals surface area contributed by atoms with E-state index in [0.717, 1.165) is 0 Å². The summed E-state index contributed by atoms with van der Waals surface area (Å²) in [6, 6.07) is 0. The van der Waals surface area contributed by atoms with E-state index >= 15 is 0 Å². The average molecular weight is 189 g/mol. The topological polar surface area (TPSA) is 37.4 Å². The van der Waals surface area contributed by atoms with E-state index in [4.69, 9.17) is 0 Å². The molecule has 0 N–H and O–H groups in total. The van der Waals surface area contributed by atoms with Crippen LogP contribution in [0, 0.1) is 0 Å². The molecule has 2 atom stereocenters. The Balaban J connectivity index is 2.50. The molecule has 12 heavy (non-hydrogen) atoms. The summed E-state index contributed by atoms with van der Waals surface area (Å²) in [6.45, 7) is 5.13. The molecule has 3 nitrogen and oxygen atoms in total. The van der Waals surface area contributed by atoms with Crippen molar-refractivity contribution in [2.75, 3.05) is 18.8 Å². The second-order valence-electron chi connectivity index (χ2n) is 3.09. The average Bonchev–Trinajstić information content (AvgIpc) is 2.08. The smallest absolute Gasteiger partial charge is 0.222 e. The summed E-state index contributed by atoms with van der Waals surface area (Å²) in [5.41, 5.74) is 0. The molecule has 0 aliphatic carbocycles. The van der Waals surface area contributed by atoms with Gasteiger partial charge in [0.1, 0.15) is 0 Å². The van der Waals surface area contributed by atoms with Crippen LogP contribution in [0.25, 0.3) is 0 Å². The van der Waals surface area contributed by atoms with Crippen LogP contribution < -0.4 is 0 Å². The maximum Gasteiger partial charge on any atom is 0.222 e. The van der Waals surface area contributed by atoms with Gasteiger partial charge in [0.05, 0.1) is 0 Å². The fourth-order valence-electron chi connectivity index (χ4n) is 1.34. The molecule has 1 fully saturated rings. The van der Waals surface area contributed by atoms with Gasteiger partial charge in [0.15, 0.2) is 0 Å². The Labute approximate surface area is 75.6 Å². The lowest BCUT2D eigenvalue weighted by atomic mass is 10.3. The third kappa shape index (κ3) is 2.06. The molecule has 1 aliphatic heterocycles. The first-order chi connectivity index (χ1) is 5.65. The van der Waals surface area contributed by atoms with Crippen LogP contribution in [0.5, 0.6) is 0 Å². The van der Waals surface area contributed by atoms with Crippen molar-refractivity contribution in [3.63, 3.8) is 0 Å². The molecule has 1 aliphatic rings. The van der Waals surface area contributed by atoms with E-state index < -0.39 is 10.8 Å². The summed E-state index contributed by atoms with van der Waals surface area (Å²) < 4.78 is 11.2. The monoisotopic (exact) mass is 189 g/mol. The lowest BCUT2D eigenvalue weighted by Crippen LogP contribution is -2.45. The van der Waals surface area contributed by atoms with Gasteiger partial charge >= 0.3 is 0 Å². The zero-order chi connectivity index (χ0) is 9.14. The summed E-state index contributed by atoms with van der Waals surface area (Å²) in [6.07, 6.45) is 0.555. The van der Waals surface area contributed by atoms with Crippen molar-refractivity contribution in [3.05, 3.63) is 0 Å². The molecule has 2 unspecified atom stereocenters. The standard InChI is InChI=1S/C8H15NO2S/c1-3-8(10)9-4-5-12(11)7(2)6-9/h7H,3-6H2,1-2H3. The number of nitrogens with zero attached hydrogens (tertiary/aromatic N) is 1. The molecule has 0 radical (unpaired) electrons. The van der Waals surface area contributed by atoms with Crippen LogP contribution in [0.4, 0.5) is 0 Å². The molecule has 0 aromatic heterocycles. The minimum atomic E-state index is -0.718. The Morgan fingerprint density at radius 3 is 2.83 bits per heavy atom. The molecular formula is C8H15NO2S. The van der Waals surface area contributed by atoms with Gasteiger partial charge in [-0.05, 0) is 6.92 Å². The molecule has 1 amide bonds. The highest BCUT2D eigenvalue weighted by Crippen LogP contribution is 2.08. The van der Waals surface area contributed by atoms with Crippen LogP contribution in [-0.2, 0) is 15.6 Å². The highest BCUT2D eigenvalue weighted by molar-refractivity contribution is 7.85. The first kappa shape index (κ1) is 9.71. The van der Waals surface area contributed by atoms with E-state index in [-0.39, 0.29) is 11.2 Å². The fourth-order valence-corrected chi connectivity index (χ4v) is 2.49. The van der Waals surface area contributed by atoms with E-state index in [0.29, 0.717) is 25.3 Å². The van der Waals surface area contributed by atoms with Crippen molar-refractivity contribution in [2.24, 2.45) is 0 Å². The SMILES string of the molecule is CCC(=O)N1CCS(=O)C(C)C1. The molecule has 0 spiro atoms. The number of hydrogen-bond donors (Lipinski definition) is 0. The second kappa shape index (κ2) is 4.03. The molecule has 1 saturated heterocycles. The molecule has 0 aromatic rings. The molecule has 0 bridgehead atoms. The predicted molar refractivity (Wildman–Crippen MR) is 49.3 cm³/mol. The Kier molecular flexibility index (Phi) is 3.26. The summed E-state index contributed by atoms with van der Waals surface area (Å²) >= 11 is 0. The highest BCUT2D eigenvalue weighted by Gasteiger charge is 2.24. The molecule has 70 valence electrons. The summed E-state index contributed by atoms with van der Waals surface area (Å²) in [5, 5.41) is 0.147. The van der Waals surface area contributed by atoms with Gasteiger partial charge in [0.25, 0.3) is 0 Å². The minimum absolute atomic E-state index is 0.147. The Morgan fingerprint density at radius 1 is 1.67 bits per heavy atom. The first-order valence-corrected chi connectivity index (χ1v) is 5.68. The van der Waals surface area contributed by atoms with Gasteiger partial charge < -0.3 is 4.90 Å². The number of amides is 1. The van der Waals surface area contributed by atoms with Crippen molar-refractivity contribution in [2.45, 2.75) is 25.5 Å². The van der Waals surface area contributed by atoms with Gasteiger partial charge in [-0.25, -0.2) is 0 Å². The van der Waals surface area contributed by atoms with Crippen molar-refractivity contribution < 1.29 is 9.00 Å². The zero-order valence-corrected chi connectivity index (χ0v) is 8.39. The highest BCUT2D eigenvalue weighted by atomic mass is 32.2. The molecule has 1 heterocycles. The van der Waals surface area contributed by atoms with Gasteiger partial charge in [0, 0.05) is 41.3 Å². The van der Waals surface area contributed by atoms with Crippen molar-refractivity contribution >= 4 is 16.7 Å². The van der Waals surface area contributed by atoms with Crippen LogP contribution >= 0.6 is 0 Å². The number of hydrogen-bond acceptors (Lipinski definition) is 2. The third-order valence-electron chi connectivity index (χ3n) is 2.14. The Hall–Kier alpha value is -0.380. The second-order valence-corrected chi connectivity index (χ2v) is 5.06. The molecule has 1 rings (SSSR count). The Bertz CT molecular complexity index is 205. The van der Waals surface area contributed by atoms with Crippen LogP contribution in [0.15, 0.2) is 0 Å². The Morgan fingerprint density at radius 2 is 2.33 bits per heavy atom. The van der Waals surface area contributed by atoms with Gasteiger partial charge in [-0.3, -0.25) is 9.00 Å². The normalized spacial score (nSPS) is 30.3. The van der Waals surface area contributed by atoms with E-state index in [1.54, 1.807) is 0 Å². The molecular weight excluding hydrogens is 174 g/mol. The summed E-state index contributed by atoms with van der Waals surface area (Å²) in [4.78, 5) is 13.1. The molecule has 4 heteroatoms. The number of rotatable bonds is 1. The van der Waals surface area contributed by atoms with Crippen molar-refractivity contribution in [1.82, 2.24) is 4.90 Å². The maximum atomic E-state index is 11.2. The summed E-state index contributed by atoms with van der Waals surface area (Å²) in [7, 11) is -0.718. The third-order valence-corrected chi connectivity index (χ3v) is 3.78. The maximum absolute atomic E-state index is 11.2. The molecule has 0 saturated carbocycles. The summed E-state index contributed by atoms with van der Waals surface area (Å²) in [5.74, 6) is 0.825. The predicted octanol–water partition coefficient (Wildman–Crippen LogP) is 0.376. The van der Waals surface area contributed by atoms with E-state index in [1.807, 2.05) is 18.7 Å². The van der Waals surface area contributed by atoms with Gasteiger partial charge in [-0.15, -0.1) is 0 Å². The first-order valence-electron chi connectivity index (χ1n) is 4.30.